The van der Waals surface area contributed by atoms with Crippen molar-refractivity contribution in [3.63, 3.8) is 0 Å². The zero-order chi connectivity index (χ0) is 20.6. The van der Waals surface area contributed by atoms with Crippen LogP contribution in [0, 0.1) is 0 Å². The number of carbonyl (C=O) groups excluding carboxylic acids is 1. The van der Waals surface area contributed by atoms with Crippen molar-refractivity contribution in [2.24, 2.45) is 0 Å². The number of nitrogens with one attached hydrogen (secondary N) is 1. The average Bonchev–Trinajstić information content (AvgIpc) is 3.27. The van der Waals surface area contributed by atoms with E-state index in [0.717, 1.165) is 17.0 Å². The molecule has 6 nitrogen and oxygen atoms in total. The molecule has 0 aliphatic heterocycles. The number of anilines is 1. The number of para-hydroxylation sites is 2. The van der Waals surface area contributed by atoms with Crippen LogP contribution in [-0.4, -0.2) is 29.1 Å². The molecule has 4 aromatic rings. The van der Waals surface area contributed by atoms with E-state index in [4.69, 9.17) is 9.47 Å². The van der Waals surface area contributed by atoms with Gasteiger partial charge in [-0.1, -0.05) is 30.3 Å². The van der Waals surface area contributed by atoms with Gasteiger partial charge in [-0.05, 0) is 36.4 Å². The van der Waals surface area contributed by atoms with Gasteiger partial charge in [0.25, 0.3) is 5.91 Å². The van der Waals surface area contributed by atoms with E-state index in [-0.39, 0.29) is 5.91 Å². The van der Waals surface area contributed by atoms with Crippen LogP contribution in [0.1, 0.15) is 10.4 Å². The molecule has 2 heterocycles. The molecule has 1 N–H and O–H groups in total. The van der Waals surface area contributed by atoms with Gasteiger partial charge in [-0.15, -0.1) is 11.3 Å². The number of rotatable bonds is 8. The van der Waals surface area contributed by atoms with Gasteiger partial charge in [-0.3, -0.25) is 15.1 Å². The number of nitrogens with zero attached hydrogens (tertiary/aromatic N) is 2. The summed E-state index contributed by atoms with van der Waals surface area (Å²) in [7, 11) is 0. The summed E-state index contributed by atoms with van der Waals surface area (Å²) in [6.07, 6.45) is 3.45. The van der Waals surface area contributed by atoms with Gasteiger partial charge in [0.2, 0.25) is 0 Å². The van der Waals surface area contributed by atoms with Crippen molar-refractivity contribution in [2.75, 3.05) is 18.5 Å². The summed E-state index contributed by atoms with van der Waals surface area (Å²) in [4.78, 5) is 21.3. The highest BCUT2D eigenvalue weighted by atomic mass is 32.1. The van der Waals surface area contributed by atoms with Crippen molar-refractivity contribution >= 4 is 22.4 Å². The molecule has 1 amide bonds. The number of pyridine rings is 1. The predicted octanol–water partition coefficient (Wildman–Crippen LogP) is 4.92. The highest BCUT2D eigenvalue weighted by molar-refractivity contribution is 7.14. The second-order valence-corrected chi connectivity index (χ2v) is 7.10. The lowest BCUT2D eigenvalue weighted by Crippen LogP contribution is -2.15. The van der Waals surface area contributed by atoms with E-state index in [9.17, 15) is 4.79 Å². The summed E-state index contributed by atoms with van der Waals surface area (Å²) in [6.45, 7) is 0.697. The molecule has 0 aliphatic carbocycles. The molecule has 0 radical (unpaired) electrons. The van der Waals surface area contributed by atoms with Crippen LogP contribution in [0.2, 0.25) is 0 Å². The molecular formula is C23H19N3O3S. The fraction of sp³-hybridized carbons (Fsp3) is 0.0870. The largest absolute Gasteiger partial charge is 0.490 e. The molecular weight excluding hydrogens is 398 g/mol. The van der Waals surface area contributed by atoms with Gasteiger partial charge in [0.15, 0.2) is 5.13 Å². The maximum atomic E-state index is 12.8. The lowest BCUT2D eigenvalue weighted by molar-refractivity contribution is 0.102. The molecule has 0 spiro atoms. The van der Waals surface area contributed by atoms with E-state index in [0.29, 0.717) is 29.7 Å². The van der Waals surface area contributed by atoms with Crippen LogP contribution < -0.4 is 14.8 Å². The zero-order valence-electron chi connectivity index (χ0n) is 16.0. The van der Waals surface area contributed by atoms with Crippen molar-refractivity contribution in [3.05, 3.63) is 90.1 Å². The number of aromatic nitrogens is 2. The van der Waals surface area contributed by atoms with Crippen molar-refractivity contribution in [2.45, 2.75) is 0 Å². The van der Waals surface area contributed by atoms with Crippen LogP contribution in [0.4, 0.5) is 5.13 Å². The third kappa shape index (κ3) is 5.01. The van der Waals surface area contributed by atoms with E-state index in [1.54, 1.807) is 30.6 Å². The summed E-state index contributed by atoms with van der Waals surface area (Å²) in [5.41, 5.74) is 2.11. The molecule has 2 aromatic heterocycles. The molecule has 0 bridgehead atoms. The normalized spacial score (nSPS) is 10.4. The van der Waals surface area contributed by atoms with E-state index >= 15 is 0 Å². The minimum atomic E-state index is -0.276. The standard InChI is InChI=1S/C23H19N3O3S/c27-22(26-23-25-20(16-30-23)17-7-6-12-24-15-17)19-10-4-5-11-21(19)29-14-13-28-18-8-2-1-3-9-18/h1-12,15-16H,13-14H2,(H,25,26,27). The highest BCUT2D eigenvalue weighted by Crippen LogP contribution is 2.26. The number of benzene rings is 2. The Labute approximate surface area is 178 Å². The molecule has 0 saturated heterocycles. The van der Waals surface area contributed by atoms with Gasteiger partial charge in [0.05, 0.1) is 11.3 Å². The smallest absolute Gasteiger partial charge is 0.261 e. The van der Waals surface area contributed by atoms with Crippen molar-refractivity contribution in [3.8, 4) is 22.8 Å². The summed E-state index contributed by atoms with van der Waals surface area (Å²) in [6, 6.07) is 20.4. The van der Waals surface area contributed by atoms with Crippen LogP contribution in [-0.2, 0) is 0 Å². The molecule has 30 heavy (non-hydrogen) atoms. The monoisotopic (exact) mass is 417 g/mol. The first kappa shape index (κ1) is 19.6. The van der Waals surface area contributed by atoms with Gasteiger partial charge in [0.1, 0.15) is 24.7 Å². The summed E-state index contributed by atoms with van der Waals surface area (Å²) >= 11 is 1.36. The minimum absolute atomic E-state index is 0.276. The lowest BCUT2D eigenvalue weighted by Gasteiger charge is -2.11. The molecule has 4 rings (SSSR count). The first-order valence-corrected chi connectivity index (χ1v) is 10.2. The fourth-order valence-electron chi connectivity index (χ4n) is 2.75. The highest BCUT2D eigenvalue weighted by Gasteiger charge is 2.14. The van der Waals surface area contributed by atoms with E-state index in [2.05, 4.69) is 15.3 Å². The molecule has 2 aromatic carbocycles. The Kier molecular flexibility index (Phi) is 6.31. The summed E-state index contributed by atoms with van der Waals surface area (Å²) in [5.74, 6) is 0.998. The summed E-state index contributed by atoms with van der Waals surface area (Å²) < 4.78 is 11.4. The Morgan fingerprint density at radius 2 is 1.73 bits per heavy atom. The fourth-order valence-corrected chi connectivity index (χ4v) is 3.47. The first-order chi connectivity index (χ1) is 14.8. The predicted molar refractivity (Wildman–Crippen MR) is 117 cm³/mol. The summed E-state index contributed by atoms with van der Waals surface area (Å²) in [5, 5.41) is 5.24. The Balaban J connectivity index is 1.37. The Hall–Kier alpha value is -3.71. The lowest BCUT2D eigenvalue weighted by atomic mass is 10.2. The SMILES string of the molecule is O=C(Nc1nc(-c2cccnc2)cs1)c1ccccc1OCCOc1ccccc1. The van der Waals surface area contributed by atoms with Gasteiger partial charge < -0.3 is 9.47 Å². The average molecular weight is 417 g/mol. The second kappa shape index (κ2) is 9.67. The Bertz CT molecular complexity index is 1100. The van der Waals surface area contributed by atoms with Crippen LogP contribution >= 0.6 is 11.3 Å². The van der Waals surface area contributed by atoms with E-state index in [1.165, 1.54) is 11.3 Å². The topological polar surface area (TPSA) is 73.3 Å². The number of amides is 1. The first-order valence-electron chi connectivity index (χ1n) is 9.36. The Morgan fingerprint density at radius 1 is 0.933 bits per heavy atom. The van der Waals surface area contributed by atoms with Crippen molar-refractivity contribution < 1.29 is 14.3 Å². The van der Waals surface area contributed by atoms with Gasteiger partial charge in [-0.2, -0.15) is 0 Å². The molecule has 0 atom stereocenters. The molecule has 150 valence electrons. The van der Waals surface area contributed by atoms with E-state index < -0.39 is 0 Å². The number of thiazole rings is 1. The second-order valence-electron chi connectivity index (χ2n) is 6.24. The maximum absolute atomic E-state index is 12.8. The van der Waals surface area contributed by atoms with Crippen molar-refractivity contribution in [1.29, 1.82) is 0 Å². The van der Waals surface area contributed by atoms with Crippen LogP contribution in [0.25, 0.3) is 11.3 Å². The number of hydrogen-bond donors (Lipinski definition) is 1. The molecule has 0 aliphatic rings. The van der Waals surface area contributed by atoms with Crippen molar-refractivity contribution in [1.82, 2.24) is 9.97 Å². The zero-order valence-corrected chi connectivity index (χ0v) is 16.8. The Morgan fingerprint density at radius 3 is 2.57 bits per heavy atom. The minimum Gasteiger partial charge on any atom is -0.490 e. The number of ether oxygens (including phenoxy) is 2. The third-order valence-corrected chi connectivity index (χ3v) is 4.92. The van der Waals surface area contributed by atoms with Gasteiger partial charge in [-0.25, -0.2) is 4.98 Å². The molecule has 0 saturated carbocycles. The van der Waals surface area contributed by atoms with Crippen LogP contribution in [0.3, 0.4) is 0 Å². The third-order valence-electron chi connectivity index (χ3n) is 4.17. The van der Waals surface area contributed by atoms with Gasteiger partial charge in [0, 0.05) is 23.3 Å². The maximum Gasteiger partial charge on any atom is 0.261 e. The molecule has 7 heteroatoms. The van der Waals surface area contributed by atoms with E-state index in [1.807, 2.05) is 53.9 Å². The van der Waals surface area contributed by atoms with Gasteiger partial charge >= 0.3 is 0 Å². The van der Waals surface area contributed by atoms with Crippen LogP contribution in [0.15, 0.2) is 84.5 Å². The molecule has 0 unspecified atom stereocenters. The number of hydrogen-bond acceptors (Lipinski definition) is 6. The quantitative estimate of drug-likeness (QED) is 0.412. The van der Waals surface area contributed by atoms with Crippen LogP contribution in [0.5, 0.6) is 11.5 Å². The number of carbonyl (C=O) groups is 1. The molecule has 0 fully saturated rings.